The van der Waals surface area contributed by atoms with Gasteiger partial charge in [-0.15, -0.1) is 0 Å². The summed E-state index contributed by atoms with van der Waals surface area (Å²) in [5.41, 5.74) is 1.91. The number of hydrogen-bond acceptors (Lipinski definition) is 4. The first kappa shape index (κ1) is 15.3. The van der Waals surface area contributed by atoms with E-state index in [2.05, 4.69) is 4.98 Å². The maximum atomic E-state index is 12.5. The average Bonchev–Trinajstić information content (AvgIpc) is 2.72. The van der Waals surface area contributed by atoms with Crippen LogP contribution >= 0.6 is 0 Å². The Hall–Kier alpha value is -2.57. The van der Waals surface area contributed by atoms with Crippen molar-refractivity contribution in [1.29, 1.82) is 0 Å². The topological polar surface area (TPSA) is 86.6 Å². The van der Waals surface area contributed by atoms with E-state index in [4.69, 9.17) is 4.42 Å². The van der Waals surface area contributed by atoms with Crippen molar-refractivity contribution in [2.45, 2.75) is 19.8 Å². The van der Waals surface area contributed by atoms with E-state index in [-0.39, 0.29) is 18.2 Å². The highest BCUT2D eigenvalue weighted by Crippen LogP contribution is 2.14. The number of amides is 2. The van der Waals surface area contributed by atoms with Crippen molar-refractivity contribution in [2.75, 3.05) is 26.2 Å². The van der Waals surface area contributed by atoms with Crippen LogP contribution in [0.25, 0.3) is 11.1 Å². The van der Waals surface area contributed by atoms with E-state index in [0.717, 1.165) is 12.0 Å². The number of nitrogens with zero attached hydrogens (tertiary/aromatic N) is 2. The summed E-state index contributed by atoms with van der Waals surface area (Å²) in [4.78, 5) is 41.2. The molecule has 1 aliphatic rings. The molecule has 1 saturated heterocycles. The highest BCUT2D eigenvalue weighted by molar-refractivity contribution is 5.81. The van der Waals surface area contributed by atoms with Gasteiger partial charge in [0.15, 0.2) is 5.58 Å². The van der Waals surface area contributed by atoms with Crippen molar-refractivity contribution < 1.29 is 14.0 Å². The van der Waals surface area contributed by atoms with Crippen molar-refractivity contribution in [1.82, 2.24) is 14.8 Å². The summed E-state index contributed by atoms with van der Waals surface area (Å²) in [5, 5.41) is 0. The summed E-state index contributed by atoms with van der Waals surface area (Å²) < 4.78 is 4.95. The van der Waals surface area contributed by atoms with Crippen LogP contribution in [-0.2, 0) is 16.0 Å². The number of aromatic amines is 1. The molecule has 0 unspecified atom stereocenters. The summed E-state index contributed by atoms with van der Waals surface area (Å²) in [6, 6.07) is 5.24. The standard InChI is InChI=1S/C16H19N3O4/c1-11(20)18-5-2-6-19(8-7-18)15(21)10-12-3-4-14-13(9-12)17-16(22)23-14/h3-4,9H,2,5-8,10H2,1H3,(H,17,22). The molecule has 0 atom stereocenters. The largest absolute Gasteiger partial charge is 0.417 e. The molecule has 0 spiro atoms. The molecular weight excluding hydrogens is 298 g/mol. The molecule has 3 rings (SSSR count). The zero-order chi connectivity index (χ0) is 16.4. The highest BCUT2D eigenvalue weighted by atomic mass is 16.4. The Kier molecular flexibility index (Phi) is 4.18. The first-order chi connectivity index (χ1) is 11.0. The molecular formula is C16H19N3O4. The molecule has 0 radical (unpaired) electrons. The number of H-pyrrole nitrogens is 1. The quantitative estimate of drug-likeness (QED) is 0.885. The second-order valence-corrected chi connectivity index (χ2v) is 5.76. The number of benzene rings is 1. The van der Waals surface area contributed by atoms with E-state index in [1.807, 2.05) is 0 Å². The van der Waals surface area contributed by atoms with Gasteiger partial charge in [-0.3, -0.25) is 14.6 Å². The molecule has 2 aromatic rings. The highest BCUT2D eigenvalue weighted by Gasteiger charge is 2.20. The predicted molar refractivity (Wildman–Crippen MR) is 84.0 cm³/mol. The van der Waals surface area contributed by atoms with Gasteiger partial charge in [-0.2, -0.15) is 0 Å². The van der Waals surface area contributed by atoms with Gasteiger partial charge >= 0.3 is 5.76 Å². The number of carbonyl (C=O) groups excluding carboxylic acids is 2. The minimum absolute atomic E-state index is 0.0283. The van der Waals surface area contributed by atoms with Crippen molar-refractivity contribution in [3.8, 4) is 0 Å². The lowest BCUT2D eigenvalue weighted by atomic mass is 10.1. The van der Waals surface area contributed by atoms with Crippen molar-refractivity contribution in [2.24, 2.45) is 0 Å². The summed E-state index contributed by atoms with van der Waals surface area (Å²) in [7, 11) is 0. The summed E-state index contributed by atoms with van der Waals surface area (Å²) in [6.45, 7) is 4.05. The van der Waals surface area contributed by atoms with Gasteiger partial charge in [0.05, 0.1) is 11.9 Å². The maximum Gasteiger partial charge on any atom is 0.417 e. The van der Waals surface area contributed by atoms with Crippen LogP contribution in [-0.4, -0.2) is 52.8 Å². The number of rotatable bonds is 2. The van der Waals surface area contributed by atoms with E-state index >= 15 is 0 Å². The van der Waals surface area contributed by atoms with Gasteiger partial charge in [0.25, 0.3) is 0 Å². The Morgan fingerprint density at radius 1 is 1.17 bits per heavy atom. The summed E-state index contributed by atoms with van der Waals surface area (Å²) in [5.74, 6) is -0.422. The van der Waals surface area contributed by atoms with Crippen LogP contribution in [0.1, 0.15) is 18.9 Å². The van der Waals surface area contributed by atoms with Gasteiger partial charge in [-0.25, -0.2) is 4.79 Å². The van der Waals surface area contributed by atoms with Crippen LogP contribution in [0, 0.1) is 0 Å². The minimum atomic E-state index is -0.500. The van der Waals surface area contributed by atoms with Gasteiger partial charge < -0.3 is 14.2 Å². The third-order valence-corrected chi connectivity index (χ3v) is 4.13. The predicted octanol–water partition coefficient (Wildman–Crippen LogP) is 0.744. The minimum Gasteiger partial charge on any atom is -0.408 e. The lowest BCUT2D eigenvalue weighted by Crippen LogP contribution is -2.37. The van der Waals surface area contributed by atoms with Crippen LogP contribution in [0.2, 0.25) is 0 Å². The van der Waals surface area contributed by atoms with Gasteiger partial charge in [0, 0.05) is 33.1 Å². The fourth-order valence-electron chi connectivity index (χ4n) is 2.88. The van der Waals surface area contributed by atoms with Gasteiger partial charge in [-0.05, 0) is 24.1 Å². The molecule has 7 heteroatoms. The smallest absolute Gasteiger partial charge is 0.408 e. The Balaban J connectivity index is 1.67. The van der Waals surface area contributed by atoms with E-state index in [0.29, 0.717) is 37.3 Å². The number of oxazole rings is 1. The Bertz CT molecular complexity index is 792. The van der Waals surface area contributed by atoms with Crippen LogP contribution < -0.4 is 5.76 Å². The second-order valence-electron chi connectivity index (χ2n) is 5.76. The van der Waals surface area contributed by atoms with Crippen LogP contribution in [0.3, 0.4) is 0 Å². The monoisotopic (exact) mass is 317 g/mol. The fourth-order valence-corrected chi connectivity index (χ4v) is 2.88. The molecule has 2 amide bonds. The molecule has 23 heavy (non-hydrogen) atoms. The van der Waals surface area contributed by atoms with Crippen molar-refractivity contribution >= 4 is 22.9 Å². The molecule has 0 bridgehead atoms. The van der Waals surface area contributed by atoms with E-state index in [1.165, 1.54) is 0 Å². The zero-order valence-corrected chi connectivity index (χ0v) is 13.0. The lowest BCUT2D eigenvalue weighted by Gasteiger charge is -2.21. The number of fused-ring (bicyclic) bond motifs is 1. The lowest BCUT2D eigenvalue weighted by molar-refractivity contribution is -0.132. The Morgan fingerprint density at radius 2 is 1.91 bits per heavy atom. The normalized spacial score (nSPS) is 15.7. The molecule has 122 valence electrons. The molecule has 1 aromatic heterocycles. The maximum absolute atomic E-state index is 12.5. The zero-order valence-electron chi connectivity index (χ0n) is 13.0. The molecule has 1 fully saturated rings. The number of hydrogen-bond donors (Lipinski definition) is 1. The van der Waals surface area contributed by atoms with E-state index in [1.54, 1.807) is 34.9 Å². The molecule has 1 N–H and O–H groups in total. The van der Waals surface area contributed by atoms with Crippen molar-refractivity contribution in [3.05, 3.63) is 34.3 Å². The molecule has 1 aliphatic heterocycles. The van der Waals surface area contributed by atoms with Crippen LogP contribution in [0.5, 0.6) is 0 Å². The van der Waals surface area contributed by atoms with Crippen LogP contribution in [0.15, 0.2) is 27.4 Å². The van der Waals surface area contributed by atoms with Gasteiger partial charge in [0.2, 0.25) is 11.8 Å². The Morgan fingerprint density at radius 3 is 2.70 bits per heavy atom. The number of nitrogens with one attached hydrogen (secondary N) is 1. The second kappa shape index (κ2) is 6.28. The number of carbonyl (C=O) groups is 2. The third-order valence-electron chi connectivity index (χ3n) is 4.13. The van der Waals surface area contributed by atoms with Crippen LogP contribution in [0.4, 0.5) is 0 Å². The first-order valence-electron chi connectivity index (χ1n) is 7.68. The summed E-state index contributed by atoms with van der Waals surface area (Å²) in [6.07, 6.45) is 1.06. The molecule has 0 aliphatic carbocycles. The molecule has 7 nitrogen and oxygen atoms in total. The Labute approximate surface area is 132 Å². The van der Waals surface area contributed by atoms with Gasteiger partial charge in [0.1, 0.15) is 0 Å². The summed E-state index contributed by atoms with van der Waals surface area (Å²) >= 11 is 0. The SMILES string of the molecule is CC(=O)N1CCCN(C(=O)Cc2ccc3oc(=O)[nH]c3c2)CC1. The first-order valence-corrected chi connectivity index (χ1v) is 7.68. The van der Waals surface area contributed by atoms with Crippen molar-refractivity contribution in [3.63, 3.8) is 0 Å². The molecule has 1 aromatic carbocycles. The third kappa shape index (κ3) is 3.44. The van der Waals surface area contributed by atoms with Gasteiger partial charge in [-0.1, -0.05) is 6.07 Å². The van der Waals surface area contributed by atoms with E-state index in [9.17, 15) is 14.4 Å². The average molecular weight is 317 g/mol. The fraction of sp³-hybridized carbons (Fsp3) is 0.438. The number of aromatic nitrogens is 1. The molecule has 0 saturated carbocycles. The molecule has 2 heterocycles. The van der Waals surface area contributed by atoms with E-state index < -0.39 is 5.76 Å².